The quantitative estimate of drug-likeness (QED) is 0.862. The molecule has 1 aromatic heterocycles. The lowest BCUT2D eigenvalue weighted by molar-refractivity contribution is 0.0584. The Morgan fingerprint density at radius 3 is 2.39 bits per heavy atom. The number of hydrogen-bond acceptors (Lipinski definition) is 4. The summed E-state index contributed by atoms with van der Waals surface area (Å²) in [5, 5.41) is 2.12. The Kier molecular flexibility index (Phi) is 4.98. The Bertz CT molecular complexity index is 632. The van der Waals surface area contributed by atoms with Crippen molar-refractivity contribution in [2.75, 3.05) is 33.3 Å². The molecule has 5 heteroatoms. The first-order valence-corrected chi connectivity index (χ1v) is 8.78. The van der Waals surface area contributed by atoms with E-state index in [2.05, 4.69) is 29.3 Å². The molecule has 0 spiro atoms. The second-order valence-corrected chi connectivity index (χ2v) is 6.73. The number of nitrogens with zero attached hydrogens (tertiary/aromatic N) is 2. The van der Waals surface area contributed by atoms with E-state index in [1.807, 2.05) is 29.2 Å². The number of hydrogen-bond donors (Lipinski definition) is 0. The van der Waals surface area contributed by atoms with Crippen LogP contribution in [0, 0.1) is 0 Å². The molecule has 0 saturated carbocycles. The van der Waals surface area contributed by atoms with E-state index in [0.29, 0.717) is 6.04 Å². The average Bonchev–Trinajstić information content (AvgIpc) is 3.15. The highest BCUT2D eigenvalue weighted by atomic mass is 32.1. The number of amides is 1. The molecule has 1 unspecified atom stereocenters. The first kappa shape index (κ1) is 16.0. The summed E-state index contributed by atoms with van der Waals surface area (Å²) < 4.78 is 5.14. The van der Waals surface area contributed by atoms with Gasteiger partial charge in [-0.3, -0.25) is 9.69 Å². The Labute approximate surface area is 141 Å². The smallest absolute Gasteiger partial charge is 0.253 e. The van der Waals surface area contributed by atoms with Gasteiger partial charge in [0.05, 0.1) is 7.11 Å². The Balaban J connectivity index is 1.58. The van der Waals surface area contributed by atoms with Crippen LogP contribution in [0.4, 0.5) is 0 Å². The highest BCUT2D eigenvalue weighted by Crippen LogP contribution is 2.25. The molecule has 2 aromatic rings. The van der Waals surface area contributed by atoms with E-state index in [1.54, 1.807) is 18.4 Å². The van der Waals surface area contributed by atoms with Crippen LogP contribution in [0.5, 0.6) is 5.75 Å². The van der Waals surface area contributed by atoms with Crippen molar-refractivity contribution in [3.8, 4) is 5.75 Å². The van der Waals surface area contributed by atoms with Gasteiger partial charge in [-0.25, -0.2) is 0 Å². The number of thiophene rings is 1. The molecule has 4 nitrogen and oxygen atoms in total. The molecule has 3 rings (SSSR count). The Morgan fingerprint density at radius 2 is 1.83 bits per heavy atom. The first-order chi connectivity index (χ1) is 11.2. The van der Waals surface area contributed by atoms with Gasteiger partial charge in [-0.15, -0.1) is 11.3 Å². The summed E-state index contributed by atoms with van der Waals surface area (Å²) in [5.41, 5.74) is 0.727. The Hall–Kier alpha value is -1.85. The molecule has 1 amide bonds. The van der Waals surface area contributed by atoms with Gasteiger partial charge >= 0.3 is 0 Å². The van der Waals surface area contributed by atoms with E-state index < -0.39 is 0 Å². The van der Waals surface area contributed by atoms with Crippen LogP contribution >= 0.6 is 11.3 Å². The third-order valence-corrected chi connectivity index (χ3v) is 5.48. The zero-order valence-electron chi connectivity index (χ0n) is 13.6. The summed E-state index contributed by atoms with van der Waals surface area (Å²) in [5.74, 6) is 0.882. The third kappa shape index (κ3) is 3.57. The number of benzene rings is 1. The van der Waals surface area contributed by atoms with E-state index in [4.69, 9.17) is 4.74 Å². The molecular weight excluding hydrogens is 308 g/mol. The van der Waals surface area contributed by atoms with Gasteiger partial charge in [-0.1, -0.05) is 6.07 Å². The molecule has 2 heterocycles. The highest BCUT2D eigenvalue weighted by Gasteiger charge is 2.25. The number of methoxy groups -OCH3 is 1. The minimum absolute atomic E-state index is 0.107. The van der Waals surface area contributed by atoms with Crippen molar-refractivity contribution in [3.63, 3.8) is 0 Å². The van der Waals surface area contributed by atoms with Crippen LogP contribution in [0.15, 0.2) is 41.8 Å². The maximum absolute atomic E-state index is 12.6. The predicted molar refractivity (Wildman–Crippen MR) is 93.2 cm³/mol. The van der Waals surface area contributed by atoms with Gasteiger partial charge in [-0.05, 0) is 42.6 Å². The monoisotopic (exact) mass is 330 g/mol. The molecule has 122 valence electrons. The van der Waals surface area contributed by atoms with Gasteiger partial charge in [0, 0.05) is 42.7 Å². The van der Waals surface area contributed by atoms with Gasteiger partial charge in [0.2, 0.25) is 0 Å². The largest absolute Gasteiger partial charge is 0.497 e. The second-order valence-electron chi connectivity index (χ2n) is 5.75. The van der Waals surface area contributed by atoms with Gasteiger partial charge in [-0.2, -0.15) is 0 Å². The van der Waals surface area contributed by atoms with Crippen molar-refractivity contribution in [1.82, 2.24) is 9.80 Å². The fraction of sp³-hybridized carbons (Fsp3) is 0.389. The summed E-state index contributed by atoms with van der Waals surface area (Å²) >= 11 is 1.80. The van der Waals surface area contributed by atoms with Gasteiger partial charge < -0.3 is 9.64 Å². The first-order valence-electron chi connectivity index (χ1n) is 7.90. The summed E-state index contributed by atoms with van der Waals surface area (Å²) in [4.78, 5) is 18.4. The highest BCUT2D eigenvalue weighted by molar-refractivity contribution is 7.10. The van der Waals surface area contributed by atoms with Crippen LogP contribution < -0.4 is 4.74 Å². The molecule has 1 saturated heterocycles. The van der Waals surface area contributed by atoms with Crippen molar-refractivity contribution in [2.24, 2.45) is 0 Å². The van der Waals surface area contributed by atoms with Crippen molar-refractivity contribution >= 4 is 17.2 Å². The molecule has 23 heavy (non-hydrogen) atoms. The van der Waals surface area contributed by atoms with E-state index in [1.165, 1.54) is 4.88 Å². The zero-order valence-corrected chi connectivity index (χ0v) is 14.4. The van der Waals surface area contributed by atoms with E-state index in [9.17, 15) is 4.79 Å². The van der Waals surface area contributed by atoms with Gasteiger partial charge in [0.25, 0.3) is 5.91 Å². The van der Waals surface area contributed by atoms with Crippen LogP contribution in [0.3, 0.4) is 0 Å². The number of rotatable bonds is 4. The summed E-state index contributed by atoms with van der Waals surface area (Å²) in [7, 11) is 1.63. The lowest BCUT2D eigenvalue weighted by Gasteiger charge is -2.37. The average molecular weight is 330 g/mol. The fourth-order valence-corrected chi connectivity index (χ4v) is 3.75. The van der Waals surface area contributed by atoms with Crippen molar-refractivity contribution in [3.05, 3.63) is 52.2 Å². The molecule has 1 aliphatic rings. The van der Waals surface area contributed by atoms with E-state index in [0.717, 1.165) is 37.5 Å². The Morgan fingerprint density at radius 1 is 1.13 bits per heavy atom. The van der Waals surface area contributed by atoms with Crippen LogP contribution in [-0.4, -0.2) is 49.0 Å². The maximum Gasteiger partial charge on any atom is 0.253 e. The van der Waals surface area contributed by atoms with Gasteiger partial charge in [0.1, 0.15) is 5.75 Å². The minimum Gasteiger partial charge on any atom is -0.497 e. The molecule has 0 aliphatic carbocycles. The predicted octanol–water partition coefficient (Wildman–Crippen LogP) is 3.28. The maximum atomic E-state index is 12.6. The molecule has 0 radical (unpaired) electrons. The number of carbonyl (C=O) groups is 1. The zero-order chi connectivity index (χ0) is 16.2. The lowest BCUT2D eigenvalue weighted by atomic mass is 10.1. The van der Waals surface area contributed by atoms with Gasteiger partial charge in [0.15, 0.2) is 0 Å². The summed E-state index contributed by atoms with van der Waals surface area (Å²) in [6, 6.07) is 12.0. The summed E-state index contributed by atoms with van der Waals surface area (Å²) in [6.45, 7) is 5.63. The molecule has 0 N–H and O–H groups in total. The van der Waals surface area contributed by atoms with Crippen molar-refractivity contribution in [1.29, 1.82) is 0 Å². The topological polar surface area (TPSA) is 32.8 Å². The molecular formula is C18H22N2O2S. The fourth-order valence-electron chi connectivity index (χ4n) is 2.94. The lowest BCUT2D eigenvalue weighted by Crippen LogP contribution is -2.49. The van der Waals surface area contributed by atoms with Crippen LogP contribution in [0.1, 0.15) is 28.2 Å². The SMILES string of the molecule is COc1ccc(C(=O)N2CCN(C(C)c3cccs3)CC2)cc1. The normalized spacial score (nSPS) is 17.0. The second kappa shape index (κ2) is 7.15. The van der Waals surface area contributed by atoms with Crippen molar-refractivity contribution < 1.29 is 9.53 Å². The molecule has 0 bridgehead atoms. The minimum atomic E-state index is 0.107. The van der Waals surface area contributed by atoms with Crippen LogP contribution in [-0.2, 0) is 0 Å². The number of carbonyl (C=O) groups excluding carboxylic acids is 1. The number of ether oxygens (including phenoxy) is 1. The molecule has 1 atom stereocenters. The van der Waals surface area contributed by atoms with Crippen molar-refractivity contribution in [2.45, 2.75) is 13.0 Å². The molecule has 1 aliphatic heterocycles. The van der Waals surface area contributed by atoms with E-state index >= 15 is 0 Å². The molecule has 1 aromatic carbocycles. The summed E-state index contributed by atoms with van der Waals surface area (Å²) in [6.07, 6.45) is 0. The standard InChI is InChI=1S/C18H22N2O2S/c1-14(17-4-3-13-23-17)19-9-11-20(12-10-19)18(21)15-5-7-16(22-2)8-6-15/h3-8,13-14H,9-12H2,1-2H3. The molecule has 1 fully saturated rings. The van der Waals surface area contributed by atoms with E-state index in [-0.39, 0.29) is 5.91 Å². The number of piperazine rings is 1. The third-order valence-electron chi connectivity index (χ3n) is 4.44. The van der Waals surface area contributed by atoms with Crippen LogP contribution in [0.25, 0.3) is 0 Å². The van der Waals surface area contributed by atoms with Crippen LogP contribution in [0.2, 0.25) is 0 Å².